The maximum atomic E-state index is 13.5. The van der Waals surface area contributed by atoms with E-state index in [1.807, 2.05) is 0 Å². The standard InChI is InChI=1S/C26H17Cl3F2N2O2/c27-15-3-1-14(2-4-15)19-13-20(26(32)34)24(9-10-35-17-6-8-22(30)23(31)12-17)33-25(19)18-7-5-16(28)11-21(18)29/h1-8,11-13H,9-10H2,(H2,32,34). The number of hydrogen-bond acceptors (Lipinski definition) is 3. The van der Waals surface area contributed by atoms with Crippen LogP contribution in [-0.2, 0) is 6.42 Å². The van der Waals surface area contributed by atoms with Crippen molar-refractivity contribution in [1.82, 2.24) is 4.98 Å². The first-order chi connectivity index (χ1) is 16.7. The fourth-order valence-corrected chi connectivity index (χ4v) is 4.15. The lowest BCUT2D eigenvalue weighted by molar-refractivity contribution is 0.0999. The molecule has 3 aromatic carbocycles. The second-order valence-electron chi connectivity index (χ2n) is 7.55. The predicted octanol–water partition coefficient (Wildman–Crippen LogP) is 7.37. The molecular weight excluding hydrogens is 517 g/mol. The second-order valence-corrected chi connectivity index (χ2v) is 8.83. The number of aromatic nitrogens is 1. The molecule has 4 rings (SSSR count). The molecule has 0 bridgehead atoms. The van der Waals surface area contributed by atoms with E-state index in [0.29, 0.717) is 37.6 Å². The number of carbonyl (C=O) groups is 1. The largest absolute Gasteiger partial charge is 0.493 e. The van der Waals surface area contributed by atoms with Crippen molar-refractivity contribution in [2.75, 3.05) is 6.61 Å². The van der Waals surface area contributed by atoms with E-state index in [1.165, 1.54) is 6.07 Å². The molecule has 2 N–H and O–H groups in total. The fraction of sp³-hybridized carbons (Fsp3) is 0.0769. The molecule has 0 saturated carbocycles. The summed E-state index contributed by atoms with van der Waals surface area (Å²) in [4.78, 5) is 17.1. The Morgan fingerprint density at radius 3 is 2.23 bits per heavy atom. The summed E-state index contributed by atoms with van der Waals surface area (Å²) in [6.07, 6.45) is 0.163. The highest BCUT2D eigenvalue weighted by Crippen LogP contribution is 2.37. The smallest absolute Gasteiger partial charge is 0.250 e. The minimum absolute atomic E-state index is 0.0342. The van der Waals surface area contributed by atoms with E-state index in [1.54, 1.807) is 48.5 Å². The van der Waals surface area contributed by atoms with Gasteiger partial charge in [0.1, 0.15) is 5.75 Å². The van der Waals surface area contributed by atoms with Crippen LogP contribution >= 0.6 is 34.8 Å². The summed E-state index contributed by atoms with van der Waals surface area (Å²) in [5, 5.41) is 1.38. The van der Waals surface area contributed by atoms with Crippen LogP contribution in [0.15, 0.2) is 66.7 Å². The first-order valence-electron chi connectivity index (χ1n) is 10.4. The zero-order chi connectivity index (χ0) is 25.1. The molecule has 0 fully saturated rings. The van der Waals surface area contributed by atoms with E-state index in [0.717, 1.165) is 17.7 Å². The van der Waals surface area contributed by atoms with Gasteiger partial charge in [0.25, 0.3) is 5.91 Å². The van der Waals surface area contributed by atoms with Crippen LogP contribution in [0.1, 0.15) is 16.1 Å². The first-order valence-corrected chi connectivity index (χ1v) is 11.5. The molecule has 0 spiro atoms. The third kappa shape index (κ3) is 5.73. The van der Waals surface area contributed by atoms with Crippen LogP contribution in [0.2, 0.25) is 15.1 Å². The normalized spacial score (nSPS) is 10.9. The highest BCUT2D eigenvalue weighted by Gasteiger charge is 2.20. The molecule has 0 aliphatic heterocycles. The number of primary amides is 1. The Balaban J connectivity index is 1.77. The Morgan fingerprint density at radius 1 is 0.857 bits per heavy atom. The summed E-state index contributed by atoms with van der Waals surface area (Å²) in [5.74, 6) is -2.53. The molecule has 35 heavy (non-hydrogen) atoms. The van der Waals surface area contributed by atoms with Crippen LogP contribution in [0.4, 0.5) is 8.78 Å². The van der Waals surface area contributed by atoms with E-state index in [4.69, 9.17) is 50.3 Å². The number of pyridine rings is 1. The lowest BCUT2D eigenvalue weighted by Gasteiger charge is -2.16. The Kier molecular flexibility index (Phi) is 7.55. The third-order valence-corrected chi connectivity index (χ3v) is 6.01. The van der Waals surface area contributed by atoms with Crippen LogP contribution in [-0.4, -0.2) is 17.5 Å². The summed E-state index contributed by atoms with van der Waals surface area (Å²) >= 11 is 18.6. The average Bonchev–Trinajstić information content (AvgIpc) is 2.81. The zero-order valence-electron chi connectivity index (χ0n) is 18.0. The number of amides is 1. The summed E-state index contributed by atoms with van der Waals surface area (Å²) < 4.78 is 32.2. The predicted molar refractivity (Wildman–Crippen MR) is 134 cm³/mol. The van der Waals surface area contributed by atoms with E-state index in [-0.39, 0.29) is 24.3 Å². The minimum Gasteiger partial charge on any atom is -0.493 e. The molecule has 0 aliphatic rings. The van der Waals surface area contributed by atoms with Gasteiger partial charge in [0.2, 0.25) is 0 Å². The van der Waals surface area contributed by atoms with Gasteiger partial charge in [-0.2, -0.15) is 0 Å². The van der Waals surface area contributed by atoms with E-state index < -0.39 is 17.5 Å². The minimum atomic E-state index is -1.02. The van der Waals surface area contributed by atoms with Gasteiger partial charge >= 0.3 is 0 Å². The van der Waals surface area contributed by atoms with Crippen molar-refractivity contribution >= 4 is 40.7 Å². The molecule has 9 heteroatoms. The van der Waals surface area contributed by atoms with Gasteiger partial charge in [-0.3, -0.25) is 9.78 Å². The highest BCUT2D eigenvalue weighted by atomic mass is 35.5. The first kappa shape index (κ1) is 24.9. The Labute approximate surface area is 215 Å². The molecular formula is C26H17Cl3F2N2O2. The number of nitrogens with two attached hydrogens (primary N) is 1. The monoisotopic (exact) mass is 532 g/mol. The van der Waals surface area contributed by atoms with Crippen LogP contribution < -0.4 is 10.5 Å². The Morgan fingerprint density at radius 2 is 1.57 bits per heavy atom. The fourth-order valence-electron chi connectivity index (χ4n) is 3.52. The third-order valence-electron chi connectivity index (χ3n) is 5.21. The average molecular weight is 534 g/mol. The topological polar surface area (TPSA) is 65.2 Å². The molecule has 0 atom stereocenters. The summed E-state index contributed by atoms with van der Waals surface area (Å²) in [7, 11) is 0. The number of benzene rings is 3. The number of hydrogen-bond donors (Lipinski definition) is 1. The second kappa shape index (κ2) is 10.6. The maximum Gasteiger partial charge on any atom is 0.250 e. The van der Waals surface area contributed by atoms with Gasteiger partial charge in [-0.1, -0.05) is 46.9 Å². The molecule has 1 amide bonds. The molecule has 1 aromatic heterocycles. The van der Waals surface area contributed by atoms with Gasteiger partial charge in [0.15, 0.2) is 11.6 Å². The Bertz CT molecular complexity index is 1410. The Hall–Kier alpha value is -3.19. The molecule has 178 valence electrons. The van der Waals surface area contributed by atoms with Gasteiger partial charge < -0.3 is 10.5 Å². The summed E-state index contributed by atoms with van der Waals surface area (Å²) in [6.45, 7) is 0.0342. The van der Waals surface area contributed by atoms with E-state index in [2.05, 4.69) is 0 Å². The lowest BCUT2D eigenvalue weighted by atomic mass is 9.95. The number of rotatable bonds is 7. The molecule has 0 radical (unpaired) electrons. The molecule has 4 nitrogen and oxygen atoms in total. The van der Waals surface area contributed by atoms with Gasteiger partial charge in [-0.15, -0.1) is 0 Å². The van der Waals surface area contributed by atoms with Gasteiger partial charge in [0.05, 0.1) is 28.6 Å². The van der Waals surface area contributed by atoms with Crippen molar-refractivity contribution in [3.63, 3.8) is 0 Å². The maximum absolute atomic E-state index is 13.5. The van der Waals surface area contributed by atoms with Gasteiger partial charge in [0, 0.05) is 33.7 Å². The van der Waals surface area contributed by atoms with Crippen molar-refractivity contribution in [2.24, 2.45) is 5.73 Å². The number of carbonyl (C=O) groups excluding carboxylic acids is 1. The quantitative estimate of drug-likeness (QED) is 0.270. The summed E-state index contributed by atoms with van der Waals surface area (Å²) in [5.41, 5.74) is 8.68. The van der Waals surface area contributed by atoms with Crippen LogP contribution in [0, 0.1) is 11.6 Å². The lowest BCUT2D eigenvalue weighted by Crippen LogP contribution is -2.17. The highest BCUT2D eigenvalue weighted by molar-refractivity contribution is 6.36. The number of ether oxygens (including phenoxy) is 1. The van der Waals surface area contributed by atoms with E-state index in [9.17, 15) is 13.6 Å². The van der Waals surface area contributed by atoms with E-state index >= 15 is 0 Å². The van der Waals surface area contributed by atoms with Gasteiger partial charge in [-0.25, -0.2) is 8.78 Å². The molecule has 0 saturated heterocycles. The van der Waals surface area contributed by atoms with Crippen molar-refractivity contribution in [3.8, 4) is 28.1 Å². The van der Waals surface area contributed by atoms with Crippen LogP contribution in [0.3, 0.4) is 0 Å². The van der Waals surface area contributed by atoms with Crippen molar-refractivity contribution in [1.29, 1.82) is 0 Å². The zero-order valence-corrected chi connectivity index (χ0v) is 20.3. The van der Waals surface area contributed by atoms with Crippen LogP contribution in [0.25, 0.3) is 22.4 Å². The summed E-state index contributed by atoms with van der Waals surface area (Å²) in [6, 6.07) is 16.9. The molecule has 1 heterocycles. The van der Waals surface area contributed by atoms with Crippen LogP contribution in [0.5, 0.6) is 5.75 Å². The van der Waals surface area contributed by atoms with Crippen molar-refractivity contribution in [2.45, 2.75) is 6.42 Å². The van der Waals surface area contributed by atoms with Gasteiger partial charge in [-0.05, 0) is 54.1 Å². The van der Waals surface area contributed by atoms with Crippen molar-refractivity contribution < 1.29 is 18.3 Å². The van der Waals surface area contributed by atoms with Crippen molar-refractivity contribution in [3.05, 3.63) is 105 Å². The SMILES string of the molecule is NC(=O)c1cc(-c2ccc(Cl)cc2)c(-c2ccc(Cl)cc2Cl)nc1CCOc1ccc(F)c(F)c1. The number of nitrogens with zero attached hydrogens (tertiary/aromatic N) is 1. The molecule has 0 aliphatic carbocycles. The molecule has 4 aromatic rings. The number of halogens is 5. The molecule has 0 unspecified atom stereocenters.